The second-order valence-electron chi connectivity index (χ2n) is 14.2. The van der Waals surface area contributed by atoms with Crippen LogP contribution in [-0.2, 0) is 5.41 Å². The van der Waals surface area contributed by atoms with Gasteiger partial charge in [-0.2, -0.15) is 0 Å². The Balaban J connectivity index is 2.34. The molecule has 0 saturated heterocycles. The lowest BCUT2D eigenvalue weighted by atomic mass is 9.78. The van der Waals surface area contributed by atoms with Crippen LogP contribution in [0.15, 0.2) is 48.5 Å². The molecule has 18 heteroatoms. The van der Waals surface area contributed by atoms with E-state index >= 15 is 0 Å². The highest BCUT2D eigenvalue weighted by Gasteiger charge is 2.33. The topological polar surface area (TPSA) is 6.48 Å². The van der Waals surface area contributed by atoms with Crippen molar-refractivity contribution in [2.45, 2.75) is 71.1 Å². The first-order valence-electron chi connectivity index (χ1n) is 16.1. The first-order chi connectivity index (χ1) is 22.1. The SMILES string of the molecule is CC(CN(CC(C)C[Si](Cl)(Cl)Cl)c1ccc(C(C)(C)c2ccc(N(CC(C)C[Si](Cl)(Cl)Cl)CC(C)C[Si](Cl)(Cl)Cl)cc2)cc1)C[Si](Cl)(Cl)Cl. The molecule has 0 heterocycles. The minimum atomic E-state index is -2.78. The van der Waals surface area contributed by atoms with Crippen LogP contribution in [0.2, 0.25) is 24.2 Å². The van der Waals surface area contributed by atoms with Gasteiger partial charge in [0, 0.05) is 43.0 Å². The van der Waals surface area contributed by atoms with E-state index in [4.69, 9.17) is 133 Å². The summed E-state index contributed by atoms with van der Waals surface area (Å²) in [6, 6.07) is 8.57. The molecule has 0 aliphatic carbocycles. The standard InChI is InChI=1S/C31H46Cl12N2Si4/c1-23(19-46(32,33)34)15-44(16-24(2)20-47(35,36)37)29-11-7-27(8-12-29)31(5,6)28-9-13-30(14-10-28)45(17-25(3)21-48(38,39)40)18-26(4)22-49(41,42)43/h7-14,23-26H,15-22H2,1-6H3. The Morgan fingerprint density at radius 2 is 0.633 bits per heavy atom. The van der Waals surface area contributed by atoms with Gasteiger partial charge in [-0.1, -0.05) is 65.8 Å². The fraction of sp³-hybridized carbons (Fsp3) is 0.613. The predicted octanol–water partition coefficient (Wildman–Crippen LogP) is 14.8. The number of halogens is 12. The Kier molecular flexibility index (Phi) is 19.4. The van der Waals surface area contributed by atoms with Crippen molar-refractivity contribution in [2.75, 3.05) is 36.0 Å². The van der Waals surface area contributed by atoms with Crippen LogP contribution in [0.3, 0.4) is 0 Å². The molecular formula is C31H46Cl12N2Si4. The highest BCUT2D eigenvalue weighted by molar-refractivity contribution is 7.66. The average molecular weight is 985 g/mol. The van der Waals surface area contributed by atoms with E-state index in [0.717, 1.165) is 37.6 Å². The molecule has 49 heavy (non-hydrogen) atoms. The number of rotatable bonds is 20. The third kappa shape index (κ3) is 19.2. The first kappa shape index (κ1) is 47.5. The van der Waals surface area contributed by atoms with Gasteiger partial charge in [0.2, 0.25) is 0 Å². The summed E-state index contributed by atoms with van der Waals surface area (Å²) in [6.45, 7) is 15.9. The molecule has 0 fully saturated rings. The molecule has 2 rings (SSSR count). The second kappa shape index (κ2) is 20.0. The van der Waals surface area contributed by atoms with Crippen molar-refractivity contribution in [1.82, 2.24) is 0 Å². The molecule has 0 radical (unpaired) electrons. The van der Waals surface area contributed by atoms with E-state index in [1.807, 2.05) is 0 Å². The van der Waals surface area contributed by atoms with E-state index < -0.39 is 24.0 Å². The summed E-state index contributed by atoms with van der Waals surface area (Å²) >= 11 is 75.3. The van der Waals surface area contributed by atoms with Gasteiger partial charge in [-0.05, 0) is 83.2 Å². The predicted molar refractivity (Wildman–Crippen MR) is 239 cm³/mol. The van der Waals surface area contributed by atoms with Gasteiger partial charge in [0.15, 0.2) is 0 Å². The lowest BCUT2D eigenvalue weighted by molar-refractivity contribution is 0.550. The van der Waals surface area contributed by atoms with Crippen molar-refractivity contribution < 1.29 is 0 Å². The van der Waals surface area contributed by atoms with Gasteiger partial charge in [-0.15, -0.1) is 133 Å². The molecule has 0 spiro atoms. The number of anilines is 2. The highest BCUT2D eigenvalue weighted by Crippen LogP contribution is 2.37. The van der Waals surface area contributed by atoms with Crippen molar-refractivity contribution in [3.8, 4) is 0 Å². The van der Waals surface area contributed by atoms with Crippen LogP contribution >= 0.6 is 133 Å². The van der Waals surface area contributed by atoms with Gasteiger partial charge >= 0.3 is 24.0 Å². The van der Waals surface area contributed by atoms with Gasteiger partial charge in [0.1, 0.15) is 0 Å². The molecule has 2 nitrogen and oxygen atoms in total. The summed E-state index contributed by atoms with van der Waals surface area (Å²) in [5.74, 6) is 0.742. The Bertz CT molecular complexity index is 1130. The maximum atomic E-state index is 6.27. The van der Waals surface area contributed by atoms with Crippen LogP contribution in [0.1, 0.15) is 52.7 Å². The van der Waals surface area contributed by atoms with Crippen molar-refractivity contribution in [3.05, 3.63) is 59.7 Å². The van der Waals surface area contributed by atoms with E-state index in [1.165, 1.54) is 11.1 Å². The van der Waals surface area contributed by atoms with Crippen molar-refractivity contribution >= 4 is 168 Å². The summed E-state index contributed by atoms with van der Waals surface area (Å²) < 4.78 is 0. The maximum absolute atomic E-state index is 6.27. The van der Waals surface area contributed by atoms with Crippen LogP contribution in [0.5, 0.6) is 0 Å². The normalized spacial score (nSPS) is 15.9. The Labute approximate surface area is 355 Å². The second-order valence-corrected chi connectivity index (χ2v) is 51.0. The van der Waals surface area contributed by atoms with Crippen molar-refractivity contribution in [2.24, 2.45) is 23.7 Å². The van der Waals surface area contributed by atoms with Crippen LogP contribution < -0.4 is 9.80 Å². The maximum Gasteiger partial charge on any atom is 0.341 e. The van der Waals surface area contributed by atoms with Gasteiger partial charge < -0.3 is 9.80 Å². The zero-order chi connectivity index (χ0) is 37.6. The van der Waals surface area contributed by atoms with Gasteiger partial charge in [-0.3, -0.25) is 0 Å². The summed E-state index contributed by atoms with van der Waals surface area (Å²) in [7, 11) is 0. The monoisotopic (exact) mass is 978 g/mol. The van der Waals surface area contributed by atoms with E-state index in [1.54, 1.807) is 0 Å². The number of nitrogens with zero attached hydrogens (tertiary/aromatic N) is 2. The molecule has 0 bridgehead atoms. The third-order valence-corrected chi connectivity index (χ3v) is 18.6. The number of hydrogen-bond acceptors (Lipinski definition) is 2. The first-order valence-corrected chi connectivity index (χ1v) is 37.1. The van der Waals surface area contributed by atoms with Crippen LogP contribution in [0.4, 0.5) is 11.4 Å². The largest absolute Gasteiger partial charge is 0.371 e. The molecule has 0 N–H and O–H groups in total. The molecule has 0 aliphatic rings. The zero-order valence-electron chi connectivity index (χ0n) is 28.5. The fourth-order valence-corrected chi connectivity index (χ4v) is 19.4. The van der Waals surface area contributed by atoms with Crippen LogP contribution in [0, 0.1) is 23.7 Å². The number of benzene rings is 2. The average Bonchev–Trinajstić information content (AvgIpc) is 2.88. The van der Waals surface area contributed by atoms with Crippen LogP contribution in [0.25, 0.3) is 0 Å². The quantitative estimate of drug-likeness (QED) is 0.0964. The zero-order valence-corrected chi connectivity index (χ0v) is 41.6. The molecular weight excluding hydrogens is 938 g/mol. The molecule has 2 aromatic rings. The molecule has 2 aromatic carbocycles. The van der Waals surface area contributed by atoms with Gasteiger partial charge in [-0.25, -0.2) is 0 Å². The molecule has 0 amide bonds. The van der Waals surface area contributed by atoms with Crippen LogP contribution in [-0.4, -0.2) is 50.2 Å². The molecule has 4 atom stereocenters. The van der Waals surface area contributed by atoms with Gasteiger partial charge in [0.05, 0.1) is 0 Å². The Morgan fingerprint density at radius 1 is 0.429 bits per heavy atom. The van der Waals surface area contributed by atoms with Gasteiger partial charge in [0.25, 0.3) is 0 Å². The van der Waals surface area contributed by atoms with E-state index in [2.05, 4.69) is 99.9 Å². The number of hydrogen-bond donors (Lipinski definition) is 0. The minimum absolute atomic E-state index is 0.186. The van der Waals surface area contributed by atoms with E-state index in [0.29, 0.717) is 24.2 Å². The molecule has 280 valence electrons. The van der Waals surface area contributed by atoms with Crippen molar-refractivity contribution in [3.63, 3.8) is 0 Å². The molecule has 0 saturated carbocycles. The molecule has 4 unspecified atom stereocenters. The lowest BCUT2D eigenvalue weighted by Gasteiger charge is -2.33. The van der Waals surface area contributed by atoms with E-state index in [-0.39, 0.29) is 29.1 Å². The molecule has 0 aliphatic heterocycles. The summed E-state index contributed by atoms with van der Waals surface area (Å²) in [5.41, 5.74) is 4.28. The summed E-state index contributed by atoms with van der Waals surface area (Å²) in [6.07, 6.45) is 0. The molecule has 0 aromatic heterocycles. The summed E-state index contributed by atoms with van der Waals surface area (Å²) in [4.78, 5) is 4.65. The van der Waals surface area contributed by atoms with Crippen molar-refractivity contribution in [1.29, 1.82) is 0 Å². The highest BCUT2D eigenvalue weighted by atomic mass is 35.9. The lowest BCUT2D eigenvalue weighted by Crippen LogP contribution is -2.35. The third-order valence-electron chi connectivity index (χ3n) is 8.36. The Hall–Kier alpha value is 2.39. The smallest absolute Gasteiger partial charge is 0.341 e. The summed E-state index contributed by atoms with van der Waals surface area (Å²) in [5, 5.41) is 0. The minimum Gasteiger partial charge on any atom is -0.371 e. The Morgan fingerprint density at radius 3 is 0.816 bits per heavy atom. The fourth-order valence-electron chi connectivity index (χ4n) is 6.26. The van der Waals surface area contributed by atoms with E-state index in [9.17, 15) is 0 Å².